The molecule has 0 spiro atoms. The summed E-state index contributed by atoms with van der Waals surface area (Å²) in [5.41, 5.74) is 2.76. The molecule has 34 heavy (non-hydrogen) atoms. The first kappa shape index (κ1) is 23.5. The fourth-order valence-corrected chi connectivity index (χ4v) is 4.43. The van der Waals surface area contributed by atoms with Crippen LogP contribution in [0.25, 0.3) is 0 Å². The van der Waals surface area contributed by atoms with E-state index in [-0.39, 0.29) is 29.5 Å². The van der Waals surface area contributed by atoms with Gasteiger partial charge in [0.1, 0.15) is 11.5 Å². The van der Waals surface area contributed by atoms with Crippen molar-refractivity contribution in [2.24, 2.45) is 0 Å². The molecule has 2 amide bonds. The van der Waals surface area contributed by atoms with Crippen molar-refractivity contribution in [1.82, 2.24) is 9.46 Å². The van der Waals surface area contributed by atoms with Gasteiger partial charge in [-0.3, -0.25) is 9.59 Å². The third-order valence-electron chi connectivity index (χ3n) is 5.55. The number of aromatic nitrogens is 1. The summed E-state index contributed by atoms with van der Waals surface area (Å²) in [5.74, 6) is 0.493. The predicted octanol–water partition coefficient (Wildman–Crippen LogP) is 2.72. The zero-order valence-corrected chi connectivity index (χ0v) is 20.0. The Hall–Kier alpha value is -3.70. The van der Waals surface area contributed by atoms with E-state index in [2.05, 4.69) is 10.5 Å². The Morgan fingerprint density at radius 1 is 1.15 bits per heavy atom. The molecule has 11 heteroatoms. The molecule has 1 aliphatic heterocycles. The Morgan fingerprint density at radius 3 is 2.47 bits per heavy atom. The molecule has 0 saturated heterocycles. The molecule has 0 atom stereocenters. The summed E-state index contributed by atoms with van der Waals surface area (Å²) < 4.78 is 36.3. The standard InChI is InChI=1S/C23H24N4O6S/c1-14-19(15(2)33-25-14)12-27-20-11-17(7-10-21(20)32-13-22(27)28)24-23(29)16-5-8-18(9-6-16)34(30,31)26(3)4/h5-11H,12-13H2,1-4H3,(H,24,29). The summed E-state index contributed by atoms with van der Waals surface area (Å²) in [6.07, 6.45) is 0. The fraction of sp³-hybridized carbons (Fsp3) is 0.261. The smallest absolute Gasteiger partial charge is 0.265 e. The molecule has 4 rings (SSSR count). The van der Waals surface area contributed by atoms with E-state index in [1.165, 1.54) is 38.4 Å². The van der Waals surface area contributed by atoms with Crippen LogP contribution in [0.3, 0.4) is 0 Å². The van der Waals surface area contributed by atoms with E-state index in [1.807, 2.05) is 6.92 Å². The maximum atomic E-state index is 12.8. The van der Waals surface area contributed by atoms with E-state index in [0.29, 0.717) is 28.6 Å². The number of carbonyl (C=O) groups is 2. The van der Waals surface area contributed by atoms with E-state index in [4.69, 9.17) is 9.26 Å². The number of nitrogens with one attached hydrogen (secondary N) is 1. The number of sulfonamides is 1. The molecule has 0 bridgehead atoms. The second-order valence-corrected chi connectivity index (χ2v) is 10.2. The minimum Gasteiger partial charge on any atom is -0.482 e. The summed E-state index contributed by atoms with van der Waals surface area (Å²) in [4.78, 5) is 27.1. The molecule has 1 aromatic heterocycles. The number of nitrogens with zero attached hydrogens (tertiary/aromatic N) is 3. The Balaban J connectivity index is 1.57. The third-order valence-corrected chi connectivity index (χ3v) is 7.38. The number of ether oxygens (including phenoxy) is 1. The first-order valence-corrected chi connectivity index (χ1v) is 11.8. The topological polar surface area (TPSA) is 122 Å². The summed E-state index contributed by atoms with van der Waals surface area (Å²) in [7, 11) is -0.709. The summed E-state index contributed by atoms with van der Waals surface area (Å²) in [6, 6.07) is 10.7. The molecule has 178 valence electrons. The minimum atomic E-state index is -3.59. The normalized spacial score (nSPS) is 13.6. The number of carbonyl (C=O) groups excluding carboxylic acids is 2. The lowest BCUT2D eigenvalue weighted by atomic mass is 10.1. The third kappa shape index (κ3) is 4.39. The van der Waals surface area contributed by atoms with Gasteiger partial charge in [0, 0.05) is 30.9 Å². The second-order valence-electron chi connectivity index (χ2n) is 8.02. The van der Waals surface area contributed by atoms with Gasteiger partial charge in [0.25, 0.3) is 11.8 Å². The Morgan fingerprint density at radius 2 is 1.85 bits per heavy atom. The van der Waals surface area contributed by atoms with E-state index < -0.39 is 15.9 Å². The average Bonchev–Trinajstić information content (AvgIpc) is 3.12. The molecule has 2 aromatic carbocycles. The Labute approximate surface area is 197 Å². The SMILES string of the molecule is Cc1noc(C)c1CN1C(=O)COc2ccc(NC(=O)c3ccc(S(=O)(=O)N(C)C)cc3)cc21. The quantitative estimate of drug-likeness (QED) is 0.571. The number of aryl methyl sites for hydroxylation is 2. The van der Waals surface area contributed by atoms with Crippen LogP contribution in [-0.2, 0) is 21.4 Å². The summed E-state index contributed by atoms with van der Waals surface area (Å²) in [6.45, 7) is 3.76. The highest BCUT2D eigenvalue weighted by Crippen LogP contribution is 2.36. The van der Waals surface area contributed by atoms with Crippen molar-refractivity contribution in [3.8, 4) is 5.75 Å². The molecule has 0 unspecified atom stereocenters. The largest absolute Gasteiger partial charge is 0.482 e. The number of amides is 2. The monoisotopic (exact) mass is 484 g/mol. The second kappa shape index (κ2) is 8.92. The Kier molecular flexibility index (Phi) is 6.15. The zero-order chi connectivity index (χ0) is 24.6. The van der Waals surface area contributed by atoms with E-state index in [1.54, 1.807) is 30.0 Å². The highest BCUT2D eigenvalue weighted by Gasteiger charge is 2.28. The maximum Gasteiger partial charge on any atom is 0.265 e. The van der Waals surface area contributed by atoms with Crippen molar-refractivity contribution >= 4 is 33.2 Å². The van der Waals surface area contributed by atoms with Gasteiger partial charge in [0.2, 0.25) is 10.0 Å². The molecule has 1 N–H and O–H groups in total. The number of hydrogen-bond donors (Lipinski definition) is 1. The van der Waals surface area contributed by atoms with Gasteiger partial charge in [-0.2, -0.15) is 0 Å². The van der Waals surface area contributed by atoms with Crippen LogP contribution in [0, 0.1) is 13.8 Å². The van der Waals surface area contributed by atoms with E-state index in [9.17, 15) is 18.0 Å². The van der Waals surface area contributed by atoms with Crippen LogP contribution in [0.2, 0.25) is 0 Å². The molecular weight excluding hydrogens is 460 g/mol. The predicted molar refractivity (Wildman–Crippen MR) is 124 cm³/mol. The number of rotatable bonds is 6. The first-order valence-electron chi connectivity index (χ1n) is 10.4. The van der Waals surface area contributed by atoms with Gasteiger partial charge in [0.15, 0.2) is 6.61 Å². The number of fused-ring (bicyclic) bond motifs is 1. The van der Waals surface area contributed by atoms with Crippen LogP contribution in [0.4, 0.5) is 11.4 Å². The lowest BCUT2D eigenvalue weighted by Gasteiger charge is -2.29. The highest BCUT2D eigenvalue weighted by atomic mass is 32.2. The fourth-order valence-electron chi connectivity index (χ4n) is 3.53. The van der Waals surface area contributed by atoms with Gasteiger partial charge < -0.3 is 19.5 Å². The molecule has 0 saturated carbocycles. The minimum absolute atomic E-state index is 0.0912. The number of hydrogen-bond acceptors (Lipinski definition) is 7. The van der Waals surface area contributed by atoms with Crippen molar-refractivity contribution in [1.29, 1.82) is 0 Å². The number of anilines is 2. The molecule has 10 nitrogen and oxygen atoms in total. The van der Waals surface area contributed by atoms with E-state index in [0.717, 1.165) is 9.87 Å². The molecule has 3 aromatic rings. The molecule has 0 aliphatic carbocycles. The summed E-state index contributed by atoms with van der Waals surface area (Å²) in [5, 5.41) is 6.73. The molecule has 1 aliphatic rings. The summed E-state index contributed by atoms with van der Waals surface area (Å²) >= 11 is 0. The zero-order valence-electron chi connectivity index (χ0n) is 19.2. The highest BCUT2D eigenvalue weighted by molar-refractivity contribution is 7.89. The van der Waals surface area contributed by atoms with Crippen LogP contribution in [-0.4, -0.2) is 50.4 Å². The van der Waals surface area contributed by atoms with Gasteiger partial charge in [-0.25, -0.2) is 12.7 Å². The molecular formula is C23H24N4O6S. The Bertz CT molecular complexity index is 1340. The lowest BCUT2D eigenvalue weighted by Crippen LogP contribution is -2.38. The molecule has 2 heterocycles. The van der Waals surface area contributed by atoms with Gasteiger partial charge in [-0.05, 0) is 56.3 Å². The maximum absolute atomic E-state index is 12.8. The van der Waals surface area contributed by atoms with Crippen LogP contribution < -0.4 is 15.0 Å². The first-order chi connectivity index (χ1) is 16.1. The van der Waals surface area contributed by atoms with Crippen molar-refractivity contribution in [2.75, 3.05) is 30.9 Å². The van der Waals surface area contributed by atoms with Crippen LogP contribution >= 0.6 is 0 Å². The molecule has 0 fully saturated rings. The van der Waals surface area contributed by atoms with Crippen LogP contribution in [0.5, 0.6) is 5.75 Å². The van der Waals surface area contributed by atoms with E-state index >= 15 is 0 Å². The van der Waals surface area contributed by atoms with Crippen molar-refractivity contribution in [3.63, 3.8) is 0 Å². The number of benzene rings is 2. The van der Waals surface area contributed by atoms with Gasteiger partial charge in [0.05, 0.1) is 22.8 Å². The lowest BCUT2D eigenvalue weighted by molar-refractivity contribution is -0.121. The van der Waals surface area contributed by atoms with Gasteiger partial charge in [-0.1, -0.05) is 5.16 Å². The van der Waals surface area contributed by atoms with Gasteiger partial charge >= 0.3 is 0 Å². The van der Waals surface area contributed by atoms with Crippen molar-refractivity contribution in [2.45, 2.75) is 25.3 Å². The average molecular weight is 485 g/mol. The van der Waals surface area contributed by atoms with Gasteiger partial charge in [-0.15, -0.1) is 0 Å². The van der Waals surface area contributed by atoms with Crippen LogP contribution in [0.1, 0.15) is 27.4 Å². The molecule has 0 radical (unpaired) electrons. The van der Waals surface area contributed by atoms with Crippen molar-refractivity contribution in [3.05, 3.63) is 65.0 Å². The van der Waals surface area contributed by atoms with Crippen LogP contribution in [0.15, 0.2) is 51.9 Å². The van der Waals surface area contributed by atoms with Crippen molar-refractivity contribution < 1.29 is 27.3 Å².